The molecule has 1 N–H and O–H groups in total. The number of hydrogen-bond acceptors (Lipinski definition) is 4. The Hall–Kier alpha value is -1.72. The lowest BCUT2D eigenvalue weighted by atomic mass is 9.97. The Morgan fingerprint density at radius 3 is 2.68 bits per heavy atom. The molecule has 136 valence electrons. The number of amides is 1. The number of piperidine rings is 1. The first-order valence-corrected chi connectivity index (χ1v) is 8.69. The molecule has 2 atom stereocenters. The number of fused-ring (bicyclic) bond motifs is 3. The summed E-state index contributed by atoms with van der Waals surface area (Å²) in [6, 6.07) is 7.21. The largest absolute Gasteiger partial charge is 0.493 e. The number of nitrogens with one attached hydrogen (secondary N) is 1. The molecule has 25 heavy (non-hydrogen) atoms. The third-order valence-corrected chi connectivity index (χ3v) is 5.52. The van der Waals surface area contributed by atoms with Gasteiger partial charge in [0.2, 0.25) is 0 Å². The number of rotatable bonds is 3. The minimum Gasteiger partial charge on any atom is -0.493 e. The average molecular weight is 365 g/mol. The molecular formula is C19H25ClN2O3. The van der Waals surface area contributed by atoms with Crippen LogP contribution in [0.3, 0.4) is 0 Å². The van der Waals surface area contributed by atoms with Crippen LogP contribution in [0.15, 0.2) is 23.8 Å². The number of carbonyl (C=O) groups is 1. The molecule has 4 rings (SSSR count). The van der Waals surface area contributed by atoms with E-state index in [2.05, 4.69) is 5.32 Å². The van der Waals surface area contributed by atoms with Gasteiger partial charge in [0.05, 0.1) is 12.7 Å². The van der Waals surface area contributed by atoms with E-state index < -0.39 is 0 Å². The van der Waals surface area contributed by atoms with Gasteiger partial charge in [-0.3, -0.25) is 4.79 Å². The van der Waals surface area contributed by atoms with Crippen molar-refractivity contribution in [3.63, 3.8) is 0 Å². The monoisotopic (exact) mass is 364 g/mol. The Morgan fingerprint density at radius 2 is 2.00 bits per heavy atom. The number of para-hydroxylation sites is 1. The van der Waals surface area contributed by atoms with Gasteiger partial charge in [-0.05, 0) is 37.8 Å². The van der Waals surface area contributed by atoms with Crippen LogP contribution in [0.25, 0.3) is 6.08 Å². The van der Waals surface area contributed by atoms with Crippen LogP contribution in [0.1, 0.15) is 31.2 Å². The molecule has 5 nitrogen and oxygen atoms in total. The summed E-state index contributed by atoms with van der Waals surface area (Å²) in [7, 11) is 3.56. The summed E-state index contributed by atoms with van der Waals surface area (Å²) >= 11 is 0. The van der Waals surface area contributed by atoms with E-state index in [1.807, 2.05) is 36.2 Å². The molecule has 1 aromatic carbocycles. The minimum absolute atomic E-state index is 0. The molecule has 3 aliphatic heterocycles. The van der Waals surface area contributed by atoms with Crippen molar-refractivity contribution in [3.05, 3.63) is 29.3 Å². The van der Waals surface area contributed by atoms with E-state index >= 15 is 0 Å². The summed E-state index contributed by atoms with van der Waals surface area (Å²) < 4.78 is 11.1. The fraction of sp³-hybridized carbons (Fsp3) is 0.526. The topological polar surface area (TPSA) is 50.8 Å². The van der Waals surface area contributed by atoms with Crippen molar-refractivity contribution in [3.8, 4) is 11.5 Å². The summed E-state index contributed by atoms with van der Waals surface area (Å²) in [5.74, 6) is 1.51. The number of methoxy groups -OCH3 is 1. The smallest absolute Gasteiger partial charge is 0.253 e. The third kappa shape index (κ3) is 3.35. The van der Waals surface area contributed by atoms with E-state index in [9.17, 15) is 4.79 Å². The number of carbonyl (C=O) groups excluding carboxylic acids is 1. The Morgan fingerprint density at radius 1 is 1.28 bits per heavy atom. The van der Waals surface area contributed by atoms with Crippen LogP contribution >= 0.6 is 12.4 Å². The third-order valence-electron chi connectivity index (χ3n) is 5.52. The SMILES string of the molecule is COc1cccc2c1OCC(C(=O)N(C)C1CC3CCC(C1)N3)=C2.Cl. The predicted molar refractivity (Wildman–Crippen MR) is 99.5 cm³/mol. The zero-order chi connectivity index (χ0) is 16.7. The number of benzene rings is 1. The Labute approximate surface area is 154 Å². The summed E-state index contributed by atoms with van der Waals surface area (Å²) in [4.78, 5) is 14.8. The normalized spacial score (nSPS) is 26.6. The number of likely N-dealkylation sites (N-methyl/N-ethyl adjacent to an activating group) is 1. The zero-order valence-electron chi connectivity index (χ0n) is 14.7. The molecule has 2 bridgehead atoms. The fourth-order valence-electron chi connectivity index (χ4n) is 4.20. The molecule has 2 saturated heterocycles. The second kappa shape index (κ2) is 7.26. The molecule has 3 aliphatic rings. The zero-order valence-corrected chi connectivity index (χ0v) is 15.5. The quantitative estimate of drug-likeness (QED) is 0.895. The summed E-state index contributed by atoms with van der Waals surface area (Å²) in [6.07, 6.45) is 6.52. The van der Waals surface area contributed by atoms with Gasteiger partial charge >= 0.3 is 0 Å². The van der Waals surface area contributed by atoms with Crippen LogP contribution in [0.2, 0.25) is 0 Å². The first-order chi connectivity index (χ1) is 11.7. The molecule has 0 aliphatic carbocycles. The van der Waals surface area contributed by atoms with E-state index in [0.29, 0.717) is 36.1 Å². The van der Waals surface area contributed by atoms with E-state index in [0.717, 1.165) is 24.2 Å². The van der Waals surface area contributed by atoms with Crippen molar-refractivity contribution in [2.75, 3.05) is 20.8 Å². The highest BCUT2D eigenvalue weighted by Gasteiger charge is 2.37. The minimum atomic E-state index is 0. The second-order valence-electron chi connectivity index (χ2n) is 7.02. The molecule has 2 fully saturated rings. The van der Waals surface area contributed by atoms with Crippen LogP contribution < -0.4 is 14.8 Å². The highest BCUT2D eigenvalue weighted by Crippen LogP contribution is 2.36. The van der Waals surface area contributed by atoms with Gasteiger partial charge in [0.1, 0.15) is 6.61 Å². The Balaban J connectivity index is 0.00000182. The van der Waals surface area contributed by atoms with Gasteiger partial charge in [-0.1, -0.05) is 12.1 Å². The van der Waals surface area contributed by atoms with Crippen molar-refractivity contribution in [2.24, 2.45) is 0 Å². The molecule has 0 spiro atoms. The molecular weight excluding hydrogens is 340 g/mol. The maximum Gasteiger partial charge on any atom is 0.253 e. The molecule has 2 unspecified atom stereocenters. The van der Waals surface area contributed by atoms with Crippen LogP contribution in [0, 0.1) is 0 Å². The van der Waals surface area contributed by atoms with Crippen LogP contribution in [0.4, 0.5) is 0 Å². The van der Waals surface area contributed by atoms with Crippen molar-refractivity contribution in [1.29, 1.82) is 0 Å². The van der Waals surface area contributed by atoms with Crippen molar-refractivity contribution >= 4 is 24.4 Å². The Bertz CT molecular complexity index is 679. The van der Waals surface area contributed by atoms with Crippen LogP contribution in [-0.2, 0) is 4.79 Å². The highest BCUT2D eigenvalue weighted by atomic mass is 35.5. The summed E-state index contributed by atoms with van der Waals surface area (Å²) in [6.45, 7) is 0.300. The molecule has 1 amide bonds. The van der Waals surface area contributed by atoms with Gasteiger partial charge in [0.25, 0.3) is 5.91 Å². The van der Waals surface area contributed by atoms with Gasteiger partial charge in [-0.25, -0.2) is 0 Å². The van der Waals surface area contributed by atoms with Gasteiger partial charge < -0.3 is 19.7 Å². The van der Waals surface area contributed by atoms with Gasteiger partial charge in [0.15, 0.2) is 11.5 Å². The first kappa shape index (κ1) is 18.1. The number of ether oxygens (including phenoxy) is 2. The standard InChI is InChI=1S/C19H24N2O3.ClH/c1-21(16-9-14-6-7-15(10-16)20-14)19(22)13-8-12-4-3-5-17(23-2)18(12)24-11-13;/h3-5,8,14-16,20H,6-7,9-11H2,1-2H3;1H. The highest BCUT2D eigenvalue weighted by molar-refractivity contribution is 5.99. The van der Waals surface area contributed by atoms with Crippen molar-refractivity contribution < 1.29 is 14.3 Å². The molecule has 6 heteroatoms. The summed E-state index contributed by atoms with van der Waals surface area (Å²) in [5, 5.41) is 3.63. The Kier molecular flexibility index (Phi) is 5.25. The molecule has 1 aromatic rings. The van der Waals surface area contributed by atoms with Crippen molar-refractivity contribution in [2.45, 2.75) is 43.8 Å². The predicted octanol–water partition coefficient (Wildman–Crippen LogP) is 2.63. The maximum absolute atomic E-state index is 12.9. The molecule has 0 aromatic heterocycles. The van der Waals surface area contributed by atoms with Gasteiger partial charge in [-0.15, -0.1) is 12.4 Å². The van der Waals surface area contributed by atoms with E-state index in [1.54, 1.807) is 7.11 Å². The number of hydrogen-bond donors (Lipinski definition) is 1. The lowest BCUT2D eigenvalue weighted by Crippen LogP contribution is -2.49. The lowest BCUT2D eigenvalue weighted by Gasteiger charge is -2.36. The van der Waals surface area contributed by atoms with E-state index in [-0.39, 0.29) is 18.3 Å². The lowest BCUT2D eigenvalue weighted by molar-refractivity contribution is -0.128. The fourth-order valence-corrected chi connectivity index (χ4v) is 4.20. The first-order valence-electron chi connectivity index (χ1n) is 8.69. The molecule has 0 radical (unpaired) electrons. The summed E-state index contributed by atoms with van der Waals surface area (Å²) in [5.41, 5.74) is 1.62. The number of nitrogens with zero attached hydrogens (tertiary/aromatic N) is 1. The van der Waals surface area contributed by atoms with E-state index in [4.69, 9.17) is 9.47 Å². The maximum atomic E-state index is 12.9. The number of halogens is 1. The van der Waals surface area contributed by atoms with Crippen LogP contribution in [-0.4, -0.2) is 49.7 Å². The van der Waals surface area contributed by atoms with Gasteiger partial charge in [-0.2, -0.15) is 0 Å². The average Bonchev–Trinajstić information content (AvgIpc) is 2.97. The van der Waals surface area contributed by atoms with Crippen molar-refractivity contribution in [1.82, 2.24) is 10.2 Å². The second-order valence-corrected chi connectivity index (χ2v) is 7.02. The molecule has 3 heterocycles. The molecule has 0 saturated carbocycles. The van der Waals surface area contributed by atoms with Gasteiger partial charge in [0, 0.05) is 30.7 Å². The van der Waals surface area contributed by atoms with E-state index in [1.165, 1.54) is 12.8 Å². The van der Waals surface area contributed by atoms with Crippen LogP contribution in [0.5, 0.6) is 11.5 Å².